The van der Waals surface area contributed by atoms with Gasteiger partial charge >= 0.3 is 0 Å². The van der Waals surface area contributed by atoms with Gasteiger partial charge in [0.25, 0.3) is 0 Å². The van der Waals surface area contributed by atoms with Crippen molar-refractivity contribution in [2.24, 2.45) is 11.8 Å². The zero-order valence-corrected chi connectivity index (χ0v) is 33.6. The van der Waals surface area contributed by atoms with Gasteiger partial charge in [-0.25, -0.2) is 4.98 Å². The van der Waals surface area contributed by atoms with Crippen LogP contribution in [-0.4, -0.2) is 13.1 Å². The number of benzene rings is 2. The summed E-state index contributed by atoms with van der Waals surface area (Å²) in [6.45, 7) is 19.2. The summed E-state index contributed by atoms with van der Waals surface area (Å²) >= 11 is 0. The van der Waals surface area contributed by atoms with Crippen molar-refractivity contribution in [1.82, 2.24) is 4.98 Å². The smallest absolute Gasteiger partial charge is 0.227 e. The van der Waals surface area contributed by atoms with E-state index in [-0.39, 0.29) is 6.04 Å². The molecule has 3 aliphatic rings. The second-order valence-electron chi connectivity index (χ2n) is 18.0. The second-order valence-corrected chi connectivity index (χ2v) is 23.0. The number of pyridine rings is 3. The minimum atomic E-state index is -1.64. The summed E-state index contributed by atoms with van der Waals surface area (Å²) in [5, 5.41) is 3.83. The lowest BCUT2D eigenvalue weighted by atomic mass is 9.77. The molecule has 53 heavy (non-hydrogen) atoms. The Bertz CT molecular complexity index is 2410. The Kier molecular flexibility index (Phi) is 8.57. The van der Waals surface area contributed by atoms with Crippen molar-refractivity contribution >= 4 is 41.0 Å². The minimum Gasteiger partial charge on any atom is -0.438 e. The summed E-state index contributed by atoms with van der Waals surface area (Å²) in [7, 11) is -1.64. The van der Waals surface area contributed by atoms with Gasteiger partial charge in [-0.3, -0.25) is 0 Å². The first-order valence-corrected chi connectivity index (χ1v) is 23.8. The van der Waals surface area contributed by atoms with E-state index in [4.69, 9.17) is 16.0 Å². The van der Waals surface area contributed by atoms with E-state index in [1.54, 1.807) is 10.8 Å². The van der Waals surface area contributed by atoms with E-state index >= 15 is 0 Å². The Morgan fingerprint density at radius 1 is 0.906 bits per heavy atom. The summed E-state index contributed by atoms with van der Waals surface area (Å²) in [6.07, 6.45) is 15.5. The molecule has 2 unspecified atom stereocenters. The average molecular weight is 718 g/mol. The van der Waals surface area contributed by atoms with Gasteiger partial charge in [0.2, 0.25) is 17.1 Å². The molecule has 0 saturated heterocycles. The molecule has 4 aromatic heterocycles. The van der Waals surface area contributed by atoms with Crippen LogP contribution in [0.5, 0.6) is 0 Å². The number of nitrogens with zero attached hydrogens (tertiary/aromatic N) is 3. The van der Waals surface area contributed by atoms with Crippen molar-refractivity contribution in [3.05, 3.63) is 114 Å². The average Bonchev–Trinajstić information content (AvgIpc) is 3.76. The highest BCUT2D eigenvalue weighted by atomic mass is 28.3. The minimum absolute atomic E-state index is 0.262. The molecule has 1 aliphatic carbocycles. The molecule has 2 aliphatic heterocycles. The molecule has 0 spiro atoms. The van der Waals surface area contributed by atoms with Crippen LogP contribution < -0.4 is 14.3 Å². The SMILES string of the molecule is C=C1CC2C(CCc3cc4oc5nc(C)ccc5c4cc3-c3cc(CC4CCCC4)cc[n+]31)c1ccccc1-c1cc(CC(C)C)c([Si](C)(C)C)c[n+]12. The first-order valence-electron chi connectivity index (χ1n) is 20.3. The van der Waals surface area contributed by atoms with Crippen LogP contribution in [0.1, 0.15) is 92.3 Å². The van der Waals surface area contributed by atoms with E-state index in [1.807, 2.05) is 6.92 Å². The zero-order chi connectivity index (χ0) is 36.6. The molecule has 6 aromatic rings. The van der Waals surface area contributed by atoms with Crippen LogP contribution in [0.2, 0.25) is 19.6 Å². The third-order valence-corrected chi connectivity index (χ3v) is 14.7. The highest BCUT2D eigenvalue weighted by molar-refractivity contribution is 6.89. The van der Waals surface area contributed by atoms with Crippen molar-refractivity contribution in [2.75, 3.05) is 0 Å². The fraction of sp³-hybridized carbons (Fsp3) is 0.396. The quantitative estimate of drug-likeness (QED) is 0.131. The molecule has 2 atom stereocenters. The maximum Gasteiger partial charge on any atom is 0.227 e. The first kappa shape index (κ1) is 34.4. The monoisotopic (exact) mass is 717 g/mol. The molecule has 4 nitrogen and oxygen atoms in total. The van der Waals surface area contributed by atoms with E-state index in [1.165, 1.54) is 64.9 Å². The Labute approximate surface area is 316 Å². The molecule has 6 heterocycles. The summed E-state index contributed by atoms with van der Waals surface area (Å²) in [5.74, 6) is 1.74. The van der Waals surface area contributed by atoms with Gasteiger partial charge in [0.1, 0.15) is 5.58 Å². The van der Waals surface area contributed by atoms with Gasteiger partial charge in [0, 0.05) is 51.3 Å². The molecule has 5 heteroatoms. The van der Waals surface area contributed by atoms with E-state index < -0.39 is 8.07 Å². The molecular weight excluding hydrogens is 663 g/mol. The molecule has 1 fully saturated rings. The highest BCUT2D eigenvalue weighted by Crippen LogP contribution is 2.45. The van der Waals surface area contributed by atoms with Gasteiger partial charge in [-0.2, -0.15) is 9.13 Å². The topological polar surface area (TPSA) is 33.8 Å². The van der Waals surface area contributed by atoms with Gasteiger partial charge < -0.3 is 4.42 Å². The van der Waals surface area contributed by atoms with Gasteiger partial charge in [-0.1, -0.05) is 77.4 Å². The molecule has 2 aromatic carbocycles. The number of hydrogen-bond donors (Lipinski definition) is 0. The van der Waals surface area contributed by atoms with E-state index in [2.05, 4.69) is 122 Å². The molecule has 0 bridgehead atoms. The van der Waals surface area contributed by atoms with Crippen molar-refractivity contribution in [2.45, 2.75) is 110 Å². The van der Waals surface area contributed by atoms with Crippen LogP contribution in [-0.2, 0) is 19.3 Å². The van der Waals surface area contributed by atoms with Crippen LogP contribution in [0.15, 0.2) is 90.1 Å². The van der Waals surface area contributed by atoms with Gasteiger partial charge in [0.05, 0.1) is 20.1 Å². The lowest BCUT2D eigenvalue weighted by molar-refractivity contribution is -0.719. The third kappa shape index (κ3) is 6.19. The Morgan fingerprint density at radius 3 is 2.51 bits per heavy atom. The predicted molar refractivity (Wildman–Crippen MR) is 221 cm³/mol. The van der Waals surface area contributed by atoms with Crippen LogP contribution >= 0.6 is 0 Å². The van der Waals surface area contributed by atoms with Crippen molar-refractivity contribution in [3.8, 4) is 22.5 Å². The van der Waals surface area contributed by atoms with Crippen molar-refractivity contribution in [1.29, 1.82) is 0 Å². The molecule has 0 N–H and O–H groups in total. The zero-order valence-electron chi connectivity index (χ0n) is 32.6. The van der Waals surface area contributed by atoms with Crippen molar-refractivity contribution < 1.29 is 13.6 Å². The number of fused-ring (bicyclic) bond motifs is 12. The number of aryl methyl sites for hydroxylation is 2. The fourth-order valence-corrected chi connectivity index (χ4v) is 11.7. The lowest BCUT2D eigenvalue weighted by Crippen LogP contribution is -2.54. The first-order chi connectivity index (χ1) is 25.5. The van der Waals surface area contributed by atoms with Crippen LogP contribution in [0, 0.1) is 18.8 Å². The van der Waals surface area contributed by atoms with Gasteiger partial charge in [0.15, 0.2) is 24.1 Å². The maximum absolute atomic E-state index is 6.51. The Morgan fingerprint density at radius 2 is 1.72 bits per heavy atom. The van der Waals surface area contributed by atoms with Crippen molar-refractivity contribution in [3.63, 3.8) is 0 Å². The summed E-state index contributed by atoms with van der Waals surface area (Å²) in [5.41, 5.74) is 14.9. The van der Waals surface area contributed by atoms with Gasteiger partial charge in [-0.15, -0.1) is 0 Å². The molecular formula is C48H55N3OSi+2. The molecule has 1 saturated carbocycles. The number of aromatic nitrogens is 3. The van der Waals surface area contributed by atoms with E-state index in [0.29, 0.717) is 11.8 Å². The van der Waals surface area contributed by atoms with E-state index in [9.17, 15) is 0 Å². The Balaban J connectivity index is 1.25. The van der Waals surface area contributed by atoms with Gasteiger partial charge in [-0.05, 0) is 104 Å². The Hall–Kier alpha value is -4.35. The number of allylic oxidation sites excluding steroid dienone is 1. The number of rotatable bonds is 5. The maximum atomic E-state index is 6.51. The largest absolute Gasteiger partial charge is 0.438 e. The number of furan rings is 1. The normalized spacial score (nSPS) is 18.9. The van der Waals surface area contributed by atoms with Crippen LogP contribution in [0.4, 0.5) is 0 Å². The molecule has 9 rings (SSSR count). The summed E-state index contributed by atoms with van der Waals surface area (Å²) < 4.78 is 11.6. The standard InChI is InChI=1S/C48H55N3OSi/c1-30(2)22-36-26-45-38-15-11-10-14-37(38)39-19-17-35-27-46-42(40-18-16-31(3)49-48(40)52-46)28-41(35)44-25-34(24-33-12-8-9-13-33)20-21-50(44)32(4)23-43(39)51(45)29-47(36)53(5,6)7/h10-11,14-16,18,20-21,25-30,33,39,43H,4,8-9,12-13,17,19,22-24H2,1-3,5-7H3/q+2. The predicted octanol–water partition coefficient (Wildman–Crippen LogP) is 10.8. The van der Waals surface area contributed by atoms with E-state index in [0.717, 1.165) is 71.5 Å². The molecule has 0 amide bonds. The lowest BCUT2D eigenvalue weighted by Gasteiger charge is -2.33. The highest BCUT2D eigenvalue weighted by Gasteiger charge is 2.44. The number of hydrogen-bond acceptors (Lipinski definition) is 2. The third-order valence-electron chi connectivity index (χ3n) is 12.6. The van der Waals surface area contributed by atoms with Crippen LogP contribution in [0.25, 0.3) is 50.3 Å². The fourth-order valence-electron chi connectivity index (χ4n) is 10.1. The second kappa shape index (κ2) is 13.2. The summed E-state index contributed by atoms with van der Waals surface area (Å²) in [4.78, 5) is 4.79. The molecule has 0 radical (unpaired) electrons. The van der Waals surface area contributed by atoms with Crippen LogP contribution in [0.3, 0.4) is 0 Å². The summed E-state index contributed by atoms with van der Waals surface area (Å²) in [6, 6.07) is 26.0. The molecule has 270 valence electrons.